The molecule has 0 saturated carbocycles. The Bertz CT molecular complexity index is 1300. The minimum atomic E-state index is -0.684. The Morgan fingerprint density at radius 1 is 1.12 bits per heavy atom. The highest BCUT2D eigenvalue weighted by atomic mass is 35.5. The van der Waals surface area contributed by atoms with Crippen LogP contribution >= 0.6 is 11.6 Å². The first-order chi connectivity index (χ1) is 16.3. The third-order valence-electron chi connectivity index (χ3n) is 4.72. The van der Waals surface area contributed by atoms with Crippen molar-refractivity contribution in [2.75, 3.05) is 13.7 Å². The third kappa shape index (κ3) is 6.12. The summed E-state index contributed by atoms with van der Waals surface area (Å²) in [6.07, 6.45) is 1.68. The number of esters is 1. The predicted molar refractivity (Wildman–Crippen MR) is 127 cm³/mol. The summed E-state index contributed by atoms with van der Waals surface area (Å²) in [4.78, 5) is 22.7. The number of methoxy groups -OCH3 is 1. The molecule has 0 N–H and O–H groups in total. The van der Waals surface area contributed by atoms with Crippen LogP contribution in [-0.2, 0) is 4.79 Å². The monoisotopic (exact) mass is 478 g/mol. The molecule has 0 atom stereocenters. The summed E-state index contributed by atoms with van der Waals surface area (Å²) in [6, 6.07) is 18.1. The quantitative estimate of drug-likeness (QED) is 0.103. The zero-order valence-corrected chi connectivity index (χ0v) is 19.0. The summed E-state index contributed by atoms with van der Waals surface area (Å²) in [5.41, 5.74) is 2.18. The van der Waals surface area contributed by atoms with Gasteiger partial charge in [-0.25, -0.2) is 4.79 Å². The second-order valence-corrected chi connectivity index (χ2v) is 7.49. The first-order valence-corrected chi connectivity index (χ1v) is 10.3. The molecule has 0 spiro atoms. The molecule has 3 aromatic rings. The van der Waals surface area contributed by atoms with E-state index in [1.165, 1.54) is 25.3 Å². The number of nitriles is 1. The van der Waals surface area contributed by atoms with E-state index in [9.17, 15) is 20.2 Å². The molecular weight excluding hydrogens is 460 g/mol. The number of allylic oxidation sites excluding steroid dienone is 1. The number of carbonyl (C=O) groups is 1. The average Bonchev–Trinajstić information content (AvgIpc) is 2.82. The number of rotatable bonds is 8. The maximum Gasteiger partial charge on any atom is 0.349 e. The van der Waals surface area contributed by atoms with Gasteiger partial charge in [0.05, 0.1) is 23.7 Å². The van der Waals surface area contributed by atoms with Gasteiger partial charge in [-0.2, -0.15) is 5.26 Å². The van der Waals surface area contributed by atoms with Gasteiger partial charge >= 0.3 is 5.97 Å². The Balaban J connectivity index is 1.70. The van der Waals surface area contributed by atoms with Crippen molar-refractivity contribution in [1.29, 1.82) is 5.26 Å². The van der Waals surface area contributed by atoms with Gasteiger partial charge in [0.25, 0.3) is 5.69 Å². The fraction of sp³-hybridized carbons (Fsp3) is 0.120. The van der Waals surface area contributed by atoms with Crippen LogP contribution in [0.3, 0.4) is 0 Å². The number of halogens is 1. The molecule has 172 valence electrons. The van der Waals surface area contributed by atoms with Crippen LogP contribution in [0.1, 0.15) is 16.7 Å². The van der Waals surface area contributed by atoms with Gasteiger partial charge in [-0.1, -0.05) is 29.8 Å². The summed E-state index contributed by atoms with van der Waals surface area (Å²) in [6.45, 7) is 1.17. The van der Waals surface area contributed by atoms with E-state index in [1.54, 1.807) is 55.5 Å². The van der Waals surface area contributed by atoms with Crippen LogP contribution < -0.4 is 14.2 Å². The number of nitrogens with zero attached hydrogens (tertiary/aromatic N) is 2. The van der Waals surface area contributed by atoms with Crippen LogP contribution in [0.15, 0.2) is 60.7 Å². The normalized spacial score (nSPS) is 10.8. The van der Waals surface area contributed by atoms with Crippen molar-refractivity contribution in [3.8, 4) is 23.3 Å². The molecule has 0 fully saturated rings. The molecule has 9 heteroatoms. The number of aryl methyl sites for hydroxylation is 1. The molecule has 0 aliphatic rings. The zero-order chi connectivity index (χ0) is 24.7. The van der Waals surface area contributed by atoms with E-state index in [2.05, 4.69) is 6.07 Å². The maximum absolute atomic E-state index is 12.3. The molecule has 0 bridgehead atoms. The summed E-state index contributed by atoms with van der Waals surface area (Å²) in [5.74, 6) is 0.0926. The van der Waals surface area contributed by atoms with Crippen molar-refractivity contribution in [3.05, 3.63) is 92.5 Å². The fourth-order valence-electron chi connectivity index (χ4n) is 3.05. The van der Waals surface area contributed by atoms with Crippen LogP contribution in [0.5, 0.6) is 17.2 Å². The predicted octanol–water partition coefficient (Wildman–Crippen LogP) is 5.61. The highest BCUT2D eigenvalue weighted by Gasteiger charge is 2.14. The average molecular weight is 479 g/mol. The number of hydrogen-bond acceptors (Lipinski definition) is 7. The van der Waals surface area contributed by atoms with Gasteiger partial charge in [-0.3, -0.25) is 10.1 Å². The molecule has 0 unspecified atom stereocenters. The van der Waals surface area contributed by atoms with Gasteiger partial charge in [0, 0.05) is 16.7 Å². The van der Waals surface area contributed by atoms with Crippen LogP contribution in [0, 0.1) is 28.4 Å². The lowest BCUT2D eigenvalue weighted by molar-refractivity contribution is -0.385. The Labute approximate surface area is 200 Å². The summed E-state index contributed by atoms with van der Waals surface area (Å²) in [7, 11) is 1.43. The first kappa shape index (κ1) is 24.3. The van der Waals surface area contributed by atoms with Gasteiger partial charge < -0.3 is 14.2 Å². The van der Waals surface area contributed by atoms with Gasteiger partial charge in [-0.15, -0.1) is 0 Å². The Hall–Kier alpha value is -4.35. The largest absolute Gasteiger partial charge is 0.493 e. The molecule has 0 amide bonds. The van der Waals surface area contributed by atoms with E-state index in [-0.39, 0.29) is 11.4 Å². The van der Waals surface area contributed by atoms with Gasteiger partial charge in [0.15, 0.2) is 18.1 Å². The Morgan fingerprint density at radius 3 is 2.47 bits per heavy atom. The van der Waals surface area contributed by atoms with Crippen molar-refractivity contribution in [1.82, 2.24) is 0 Å². The first-order valence-electron chi connectivity index (χ1n) is 9.95. The number of nitro benzene ring substituents is 1. The lowest BCUT2D eigenvalue weighted by atomic mass is 10.0. The zero-order valence-electron chi connectivity index (χ0n) is 18.3. The number of hydrogen-bond donors (Lipinski definition) is 0. The molecule has 0 saturated heterocycles. The minimum Gasteiger partial charge on any atom is -0.493 e. The molecule has 0 aliphatic carbocycles. The van der Waals surface area contributed by atoms with E-state index in [4.69, 9.17) is 25.8 Å². The van der Waals surface area contributed by atoms with Crippen LogP contribution in [0.25, 0.3) is 11.6 Å². The highest BCUT2D eigenvalue weighted by molar-refractivity contribution is 6.30. The second-order valence-electron chi connectivity index (χ2n) is 7.06. The van der Waals surface area contributed by atoms with Crippen molar-refractivity contribution < 1.29 is 23.9 Å². The van der Waals surface area contributed by atoms with E-state index < -0.39 is 17.5 Å². The molecule has 0 heterocycles. The van der Waals surface area contributed by atoms with E-state index in [0.717, 1.165) is 0 Å². The maximum atomic E-state index is 12.3. The van der Waals surface area contributed by atoms with Crippen molar-refractivity contribution in [2.24, 2.45) is 0 Å². The standard InChI is InChI=1S/C25H19ClN2O6/c1-16-11-21(8-9-22(16)28(30)31)33-15-25(29)34-23-10-3-17(13-24(23)32-2)12-19(14-27)18-4-6-20(26)7-5-18/h3-13H,15H2,1-2H3/b19-12+. The topological polar surface area (TPSA) is 112 Å². The van der Waals surface area contributed by atoms with Crippen LogP contribution in [0.2, 0.25) is 5.02 Å². The summed E-state index contributed by atoms with van der Waals surface area (Å²) >= 11 is 5.91. The molecule has 0 radical (unpaired) electrons. The summed E-state index contributed by atoms with van der Waals surface area (Å²) < 4.78 is 16.0. The number of carbonyl (C=O) groups excluding carboxylic acids is 1. The Morgan fingerprint density at radius 2 is 1.85 bits per heavy atom. The second kappa shape index (κ2) is 11.0. The molecule has 3 aromatic carbocycles. The lowest BCUT2D eigenvalue weighted by Gasteiger charge is -2.11. The van der Waals surface area contributed by atoms with Crippen molar-refractivity contribution >= 4 is 34.9 Å². The SMILES string of the molecule is COc1cc(/C=C(\C#N)c2ccc(Cl)cc2)ccc1OC(=O)COc1ccc([N+](=O)[O-])c(C)c1. The number of benzene rings is 3. The fourth-order valence-corrected chi connectivity index (χ4v) is 3.18. The molecular formula is C25H19ClN2O6. The van der Waals surface area contributed by atoms with Crippen molar-refractivity contribution in [2.45, 2.75) is 6.92 Å². The number of ether oxygens (including phenoxy) is 3. The smallest absolute Gasteiger partial charge is 0.349 e. The van der Waals surface area contributed by atoms with E-state index in [1.807, 2.05) is 0 Å². The van der Waals surface area contributed by atoms with Gasteiger partial charge in [0.1, 0.15) is 5.75 Å². The van der Waals surface area contributed by atoms with Crippen LogP contribution in [0.4, 0.5) is 5.69 Å². The van der Waals surface area contributed by atoms with Crippen molar-refractivity contribution in [3.63, 3.8) is 0 Å². The number of nitro groups is 1. The molecule has 34 heavy (non-hydrogen) atoms. The highest BCUT2D eigenvalue weighted by Crippen LogP contribution is 2.30. The molecule has 8 nitrogen and oxygen atoms in total. The van der Waals surface area contributed by atoms with E-state index in [0.29, 0.717) is 38.8 Å². The Kier molecular flexibility index (Phi) is 7.85. The molecule has 0 aliphatic heterocycles. The molecule has 3 rings (SSSR count). The van der Waals surface area contributed by atoms with Gasteiger partial charge in [0.2, 0.25) is 0 Å². The lowest BCUT2D eigenvalue weighted by Crippen LogP contribution is -2.18. The van der Waals surface area contributed by atoms with Crippen LogP contribution in [-0.4, -0.2) is 24.6 Å². The molecule has 0 aromatic heterocycles. The third-order valence-corrected chi connectivity index (χ3v) is 4.97. The minimum absolute atomic E-state index is 0.0376. The van der Waals surface area contributed by atoms with Gasteiger partial charge in [-0.05, 0) is 60.5 Å². The summed E-state index contributed by atoms with van der Waals surface area (Å²) in [5, 5.41) is 21.0. The van der Waals surface area contributed by atoms with E-state index >= 15 is 0 Å².